The van der Waals surface area contributed by atoms with Gasteiger partial charge < -0.3 is 4.42 Å². The van der Waals surface area contributed by atoms with E-state index in [0.29, 0.717) is 16.6 Å². The highest BCUT2D eigenvalue weighted by Crippen LogP contribution is 2.25. The number of hydrogen-bond acceptors (Lipinski definition) is 4. The zero-order valence-electron chi connectivity index (χ0n) is 12.0. The maximum Gasteiger partial charge on any atom is 0.265 e. The number of halogens is 1. The molecule has 0 bridgehead atoms. The van der Waals surface area contributed by atoms with Gasteiger partial charge in [0, 0.05) is 11.2 Å². The number of anilines is 1. The minimum atomic E-state index is -3.79. The average Bonchev–Trinajstić information content (AvgIpc) is 3.07. The van der Waals surface area contributed by atoms with Gasteiger partial charge in [-0.15, -0.1) is 0 Å². The minimum Gasteiger partial charge on any atom is -0.467 e. The van der Waals surface area contributed by atoms with E-state index in [1.165, 1.54) is 34.8 Å². The third kappa shape index (κ3) is 3.38. The van der Waals surface area contributed by atoms with E-state index in [9.17, 15) is 8.42 Å². The van der Waals surface area contributed by atoms with Crippen molar-refractivity contribution in [2.75, 3.05) is 4.31 Å². The van der Waals surface area contributed by atoms with Crippen LogP contribution in [0.4, 0.5) is 5.82 Å². The highest BCUT2D eigenvalue weighted by molar-refractivity contribution is 7.92. The van der Waals surface area contributed by atoms with Crippen LogP contribution in [-0.2, 0) is 16.6 Å². The summed E-state index contributed by atoms with van der Waals surface area (Å²) in [6.07, 6.45) is 3.04. The van der Waals surface area contributed by atoms with Crippen molar-refractivity contribution in [3.63, 3.8) is 0 Å². The van der Waals surface area contributed by atoms with Gasteiger partial charge in [0.2, 0.25) is 0 Å². The summed E-state index contributed by atoms with van der Waals surface area (Å²) in [6, 6.07) is 14.5. The molecule has 0 saturated heterocycles. The van der Waals surface area contributed by atoms with Gasteiger partial charge >= 0.3 is 0 Å². The highest BCUT2D eigenvalue weighted by Gasteiger charge is 2.26. The molecule has 0 N–H and O–H groups in total. The molecule has 0 aliphatic heterocycles. The molecule has 0 radical (unpaired) electrons. The molecule has 2 aromatic heterocycles. The molecule has 3 rings (SSSR count). The number of hydrogen-bond donors (Lipinski definition) is 0. The first-order valence-corrected chi connectivity index (χ1v) is 8.61. The molecule has 5 nitrogen and oxygen atoms in total. The molecule has 23 heavy (non-hydrogen) atoms. The fraction of sp³-hybridized carbons (Fsp3) is 0.0625. The number of aromatic nitrogens is 1. The number of pyridine rings is 1. The van der Waals surface area contributed by atoms with Crippen LogP contribution in [0.3, 0.4) is 0 Å². The van der Waals surface area contributed by atoms with Crippen molar-refractivity contribution in [1.29, 1.82) is 0 Å². The Bertz CT molecular complexity index is 863. The Labute approximate surface area is 139 Å². The molecule has 0 saturated carbocycles. The second-order valence-electron chi connectivity index (χ2n) is 4.73. The fourth-order valence-electron chi connectivity index (χ4n) is 2.07. The molecule has 7 heteroatoms. The quantitative estimate of drug-likeness (QED) is 0.705. The number of furan rings is 1. The average molecular weight is 349 g/mol. The molecule has 118 valence electrons. The molecule has 0 amide bonds. The van der Waals surface area contributed by atoms with Gasteiger partial charge in [0.05, 0.1) is 17.7 Å². The highest BCUT2D eigenvalue weighted by atomic mass is 35.5. The van der Waals surface area contributed by atoms with E-state index in [0.717, 1.165) is 0 Å². The molecule has 0 spiro atoms. The van der Waals surface area contributed by atoms with Gasteiger partial charge in [-0.1, -0.05) is 17.7 Å². The van der Waals surface area contributed by atoms with Crippen molar-refractivity contribution in [2.45, 2.75) is 11.4 Å². The van der Waals surface area contributed by atoms with E-state index in [2.05, 4.69) is 4.98 Å². The largest absolute Gasteiger partial charge is 0.467 e. The van der Waals surface area contributed by atoms with E-state index in [1.54, 1.807) is 36.5 Å². The first-order valence-electron chi connectivity index (χ1n) is 6.79. The van der Waals surface area contributed by atoms with E-state index in [-0.39, 0.29) is 11.4 Å². The summed E-state index contributed by atoms with van der Waals surface area (Å²) in [7, 11) is -3.79. The van der Waals surface area contributed by atoms with E-state index in [1.807, 2.05) is 0 Å². The van der Waals surface area contributed by atoms with Gasteiger partial charge in [0.25, 0.3) is 10.0 Å². The SMILES string of the molecule is O=S(=O)(c1ccc(Cl)cc1)N(Cc1ccco1)c1ccccn1. The number of nitrogens with zero attached hydrogens (tertiary/aromatic N) is 2. The second-order valence-corrected chi connectivity index (χ2v) is 7.03. The molecule has 0 fully saturated rings. The zero-order chi connectivity index (χ0) is 16.3. The Balaban J connectivity index is 2.05. The van der Waals surface area contributed by atoms with Crippen LogP contribution in [-0.4, -0.2) is 13.4 Å². The van der Waals surface area contributed by atoms with Crippen LogP contribution >= 0.6 is 11.6 Å². The van der Waals surface area contributed by atoms with Crippen LogP contribution in [0.1, 0.15) is 5.76 Å². The van der Waals surface area contributed by atoms with E-state index in [4.69, 9.17) is 16.0 Å². The van der Waals surface area contributed by atoms with Gasteiger partial charge in [0.15, 0.2) is 0 Å². The van der Waals surface area contributed by atoms with Crippen molar-refractivity contribution in [3.05, 3.63) is 77.8 Å². The molecule has 1 aromatic carbocycles. The van der Waals surface area contributed by atoms with Crippen LogP contribution < -0.4 is 4.31 Å². The molecule has 0 atom stereocenters. The molecular formula is C16H13ClN2O3S. The molecule has 3 aromatic rings. The van der Waals surface area contributed by atoms with E-state index < -0.39 is 10.0 Å². The predicted octanol–water partition coefficient (Wildman–Crippen LogP) is 3.72. The smallest absolute Gasteiger partial charge is 0.265 e. The van der Waals surface area contributed by atoms with Crippen molar-refractivity contribution < 1.29 is 12.8 Å². The zero-order valence-corrected chi connectivity index (χ0v) is 13.5. The molecule has 0 aliphatic rings. The van der Waals surface area contributed by atoms with Gasteiger partial charge in [-0.05, 0) is 48.5 Å². The summed E-state index contributed by atoms with van der Waals surface area (Å²) < 4.78 is 32.4. The summed E-state index contributed by atoms with van der Waals surface area (Å²) >= 11 is 5.84. The fourth-order valence-corrected chi connectivity index (χ4v) is 3.58. The Morgan fingerprint density at radius 3 is 2.43 bits per heavy atom. The molecule has 0 unspecified atom stereocenters. The van der Waals surface area contributed by atoms with Crippen LogP contribution in [0.15, 0.2) is 76.4 Å². The topological polar surface area (TPSA) is 63.4 Å². The summed E-state index contributed by atoms with van der Waals surface area (Å²) in [5.74, 6) is 0.840. The monoisotopic (exact) mass is 348 g/mol. The Morgan fingerprint density at radius 2 is 1.83 bits per heavy atom. The number of benzene rings is 1. The summed E-state index contributed by atoms with van der Waals surface area (Å²) in [6.45, 7) is 0.0506. The first-order chi connectivity index (χ1) is 11.1. The maximum atomic E-state index is 13.0. The second kappa shape index (κ2) is 6.44. The molecule has 2 heterocycles. The summed E-state index contributed by atoms with van der Waals surface area (Å²) in [5.41, 5.74) is 0. The Kier molecular flexibility index (Phi) is 4.36. The van der Waals surface area contributed by atoms with Crippen molar-refractivity contribution in [2.24, 2.45) is 0 Å². The predicted molar refractivity (Wildman–Crippen MR) is 87.8 cm³/mol. The maximum absolute atomic E-state index is 13.0. The standard InChI is InChI=1S/C16H13ClN2O3S/c17-13-6-8-15(9-7-13)23(20,21)19(12-14-4-3-11-22-14)16-5-1-2-10-18-16/h1-11H,12H2. The third-order valence-electron chi connectivity index (χ3n) is 3.19. The van der Waals surface area contributed by atoms with Crippen molar-refractivity contribution in [3.8, 4) is 0 Å². The van der Waals surface area contributed by atoms with Crippen LogP contribution in [0, 0.1) is 0 Å². The lowest BCUT2D eigenvalue weighted by Gasteiger charge is -2.22. The van der Waals surface area contributed by atoms with E-state index >= 15 is 0 Å². The van der Waals surface area contributed by atoms with Crippen LogP contribution in [0.2, 0.25) is 5.02 Å². The summed E-state index contributed by atoms with van der Waals surface area (Å²) in [5, 5.41) is 0.472. The number of sulfonamides is 1. The Hall–Kier alpha value is -2.31. The van der Waals surface area contributed by atoms with Crippen LogP contribution in [0.25, 0.3) is 0 Å². The third-order valence-corrected chi connectivity index (χ3v) is 5.20. The van der Waals surface area contributed by atoms with Crippen molar-refractivity contribution >= 4 is 27.4 Å². The van der Waals surface area contributed by atoms with Crippen LogP contribution in [0.5, 0.6) is 0 Å². The Morgan fingerprint density at radius 1 is 1.04 bits per heavy atom. The van der Waals surface area contributed by atoms with Gasteiger partial charge in [-0.25, -0.2) is 17.7 Å². The molecule has 0 aliphatic carbocycles. The van der Waals surface area contributed by atoms with Gasteiger partial charge in [-0.3, -0.25) is 0 Å². The number of rotatable bonds is 5. The minimum absolute atomic E-state index is 0.0506. The lowest BCUT2D eigenvalue weighted by molar-refractivity contribution is 0.508. The first kappa shape index (κ1) is 15.6. The lowest BCUT2D eigenvalue weighted by atomic mass is 10.4. The summed E-state index contributed by atoms with van der Waals surface area (Å²) in [4.78, 5) is 4.29. The molecular weight excluding hydrogens is 336 g/mol. The van der Waals surface area contributed by atoms with Gasteiger partial charge in [-0.2, -0.15) is 0 Å². The normalized spacial score (nSPS) is 11.3. The van der Waals surface area contributed by atoms with Crippen molar-refractivity contribution in [1.82, 2.24) is 4.98 Å². The van der Waals surface area contributed by atoms with Gasteiger partial charge in [0.1, 0.15) is 11.6 Å². The lowest BCUT2D eigenvalue weighted by Crippen LogP contribution is -2.31.